The molecule has 2 aliphatic heterocycles. The summed E-state index contributed by atoms with van der Waals surface area (Å²) in [7, 11) is 0. The molecule has 2 aliphatic rings. The van der Waals surface area contributed by atoms with E-state index in [4.69, 9.17) is 0 Å². The Kier molecular flexibility index (Phi) is 5.34. The molecule has 1 N–H and O–H groups in total. The first-order valence-corrected chi connectivity index (χ1v) is 10.1. The Morgan fingerprint density at radius 3 is 2.45 bits per heavy atom. The maximum Gasteiger partial charge on any atom is 0.324 e. The monoisotopic (exact) mass is 391 g/mol. The summed E-state index contributed by atoms with van der Waals surface area (Å²) < 4.78 is 0. The van der Waals surface area contributed by atoms with Gasteiger partial charge in [-0.2, -0.15) is 0 Å². The second-order valence-electron chi connectivity index (χ2n) is 7.80. The van der Waals surface area contributed by atoms with Gasteiger partial charge in [0.15, 0.2) is 0 Å². The van der Waals surface area contributed by atoms with E-state index in [-0.39, 0.29) is 36.9 Å². The highest BCUT2D eigenvalue weighted by Crippen LogP contribution is 2.24. The molecule has 0 saturated carbocycles. The molecule has 2 fully saturated rings. The van der Waals surface area contributed by atoms with Crippen LogP contribution in [0, 0.1) is 6.92 Å². The number of urea groups is 1. The van der Waals surface area contributed by atoms with E-state index in [1.807, 2.05) is 48.2 Å². The van der Waals surface area contributed by atoms with Crippen LogP contribution in [0.2, 0.25) is 0 Å². The maximum absolute atomic E-state index is 12.6. The molecule has 0 radical (unpaired) electrons. The molecule has 4 rings (SSSR count). The summed E-state index contributed by atoms with van der Waals surface area (Å²) in [6.07, 6.45) is 2.35. The van der Waals surface area contributed by atoms with Crippen molar-refractivity contribution in [2.75, 3.05) is 13.1 Å². The minimum atomic E-state index is -0.384. The molecule has 0 aromatic heterocycles. The van der Waals surface area contributed by atoms with Gasteiger partial charge in [-0.3, -0.25) is 14.5 Å². The van der Waals surface area contributed by atoms with Gasteiger partial charge in [-0.15, -0.1) is 0 Å². The summed E-state index contributed by atoms with van der Waals surface area (Å²) in [5.41, 5.74) is 3.50. The van der Waals surface area contributed by atoms with Crippen LogP contribution in [0.5, 0.6) is 0 Å². The molecular weight excluding hydrogens is 366 g/mol. The average Bonchev–Trinajstić information content (AvgIpc) is 3.25. The second-order valence-corrected chi connectivity index (χ2v) is 7.80. The third-order valence-electron chi connectivity index (χ3n) is 5.60. The molecule has 6 heteroatoms. The summed E-state index contributed by atoms with van der Waals surface area (Å²) in [6.45, 7) is 3.81. The molecular formula is C23H25N3O3. The number of hydrogen-bond donors (Lipinski definition) is 1. The lowest BCUT2D eigenvalue weighted by atomic mass is 9.99. The molecule has 0 spiro atoms. The fourth-order valence-electron chi connectivity index (χ4n) is 3.96. The average molecular weight is 391 g/mol. The molecule has 6 nitrogen and oxygen atoms in total. The van der Waals surface area contributed by atoms with Crippen LogP contribution in [0.4, 0.5) is 4.79 Å². The quantitative estimate of drug-likeness (QED) is 0.868. The maximum atomic E-state index is 12.6. The highest BCUT2D eigenvalue weighted by molar-refractivity contribution is 5.97. The Bertz CT molecular complexity index is 915. The number of carbonyl (C=O) groups excluding carboxylic acids is 3. The molecule has 2 saturated heterocycles. The predicted octanol–water partition coefficient (Wildman–Crippen LogP) is 3.41. The third-order valence-corrected chi connectivity index (χ3v) is 5.60. The fourth-order valence-corrected chi connectivity index (χ4v) is 3.96. The van der Waals surface area contributed by atoms with Crippen LogP contribution >= 0.6 is 0 Å². The molecule has 1 atom stereocenters. The minimum absolute atomic E-state index is 0.0434. The van der Waals surface area contributed by atoms with Crippen molar-refractivity contribution >= 4 is 17.8 Å². The highest BCUT2D eigenvalue weighted by atomic mass is 16.2. The van der Waals surface area contributed by atoms with E-state index in [0.29, 0.717) is 5.56 Å². The van der Waals surface area contributed by atoms with E-state index in [9.17, 15) is 14.4 Å². The molecule has 2 heterocycles. The van der Waals surface area contributed by atoms with Crippen molar-refractivity contribution in [3.8, 4) is 0 Å². The van der Waals surface area contributed by atoms with Crippen molar-refractivity contribution in [2.45, 2.75) is 38.8 Å². The smallest absolute Gasteiger partial charge is 0.324 e. The number of benzene rings is 2. The van der Waals surface area contributed by atoms with E-state index in [0.717, 1.165) is 42.6 Å². The summed E-state index contributed by atoms with van der Waals surface area (Å²) in [6, 6.07) is 14.3. The Hall–Kier alpha value is -3.15. The van der Waals surface area contributed by atoms with Gasteiger partial charge in [0.25, 0.3) is 5.91 Å². The summed E-state index contributed by atoms with van der Waals surface area (Å²) in [5.74, 6) is -0.153. The van der Waals surface area contributed by atoms with Gasteiger partial charge in [0.1, 0.15) is 0 Å². The number of aryl methyl sites for hydroxylation is 1. The van der Waals surface area contributed by atoms with Crippen molar-refractivity contribution in [1.29, 1.82) is 0 Å². The van der Waals surface area contributed by atoms with Gasteiger partial charge in [0.2, 0.25) is 5.91 Å². The number of likely N-dealkylation sites (tertiary alicyclic amines) is 1. The van der Waals surface area contributed by atoms with Crippen molar-refractivity contribution in [2.24, 2.45) is 0 Å². The lowest BCUT2D eigenvalue weighted by Gasteiger charge is -2.31. The van der Waals surface area contributed by atoms with E-state index in [1.165, 1.54) is 4.90 Å². The first kappa shape index (κ1) is 19.2. The Labute approximate surface area is 170 Å². The Morgan fingerprint density at radius 2 is 1.79 bits per heavy atom. The first-order valence-electron chi connectivity index (χ1n) is 10.1. The lowest BCUT2D eigenvalue weighted by molar-refractivity contribution is -0.130. The van der Waals surface area contributed by atoms with Gasteiger partial charge in [-0.25, -0.2) is 4.79 Å². The van der Waals surface area contributed by atoms with Crippen LogP contribution < -0.4 is 5.32 Å². The number of rotatable bonds is 4. The zero-order valence-electron chi connectivity index (χ0n) is 16.6. The number of carbonyl (C=O) groups is 3. The summed E-state index contributed by atoms with van der Waals surface area (Å²) in [4.78, 5) is 40.7. The SMILES string of the molecule is Cc1cccc(C2CC(=O)N(Cc3ccc(C(=O)N4CCCC4)cc3)C(=O)N2)c1. The van der Waals surface area contributed by atoms with Crippen LogP contribution in [0.1, 0.15) is 52.4 Å². The van der Waals surface area contributed by atoms with E-state index in [2.05, 4.69) is 5.32 Å². The molecule has 1 unspecified atom stereocenters. The van der Waals surface area contributed by atoms with Crippen LogP contribution in [0.15, 0.2) is 48.5 Å². The first-order chi connectivity index (χ1) is 14.0. The van der Waals surface area contributed by atoms with Gasteiger partial charge in [0.05, 0.1) is 19.0 Å². The van der Waals surface area contributed by atoms with E-state index >= 15 is 0 Å². The Morgan fingerprint density at radius 1 is 1.07 bits per heavy atom. The van der Waals surface area contributed by atoms with E-state index in [1.54, 1.807) is 12.1 Å². The molecule has 2 aromatic rings. The van der Waals surface area contributed by atoms with Gasteiger partial charge in [-0.1, -0.05) is 42.0 Å². The fraction of sp³-hybridized carbons (Fsp3) is 0.348. The van der Waals surface area contributed by atoms with E-state index < -0.39 is 0 Å². The van der Waals surface area contributed by atoms with Crippen LogP contribution in [-0.2, 0) is 11.3 Å². The number of amides is 4. The third kappa shape index (κ3) is 4.16. The lowest BCUT2D eigenvalue weighted by Crippen LogP contribution is -2.50. The summed E-state index contributed by atoms with van der Waals surface area (Å²) >= 11 is 0. The van der Waals surface area contributed by atoms with Crippen molar-refractivity contribution in [3.05, 3.63) is 70.8 Å². The van der Waals surface area contributed by atoms with Crippen molar-refractivity contribution in [3.63, 3.8) is 0 Å². The minimum Gasteiger partial charge on any atom is -0.339 e. The zero-order chi connectivity index (χ0) is 20.4. The number of imide groups is 1. The summed E-state index contributed by atoms with van der Waals surface area (Å²) in [5, 5.41) is 2.93. The van der Waals surface area contributed by atoms with Crippen LogP contribution in [0.3, 0.4) is 0 Å². The largest absolute Gasteiger partial charge is 0.339 e. The molecule has 0 bridgehead atoms. The molecule has 2 aromatic carbocycles. The van der Waals surface area contributed by atoms with Gasteiger partial charge < -0.3 is 10.2 Å². The van der Waals surface area contributed by atoms with Crippen molar-refractivity contribution < 1.29 is 14.4 Å². The van der Waals surface area contributed by atoms with Gasteiger partial charge >= 0.3 is 6.03 Å². The molecule has 150 valence electrons. The van der Waals surface area contributed by atoms with Crippen LogP contribution in [0.25, 0.3) is 0 Å². The highest BCUT2D eigenvalue weighted by Gasteiger charge is 2.32. The van der Waals surface area contributed by atoms with Crippen LogP contribution in [-0.4, -0.2) is 40.7 Å². The van der Waals surface area contributed by atoms with Gasteiger partial charge in [0, 0.05) is 18.7 Å². The number of nitrogens with one attached hydrogen (secondary N) is 1. The number of nitrogens with zero attached hydrogens (tertiary/aromatic N) is 2. The molecule has 29 heavy (non-hydrogen) atoms. The second kappa shape index (κ2) is 8.07. The van der Waals surface area contributed by atoms with Crippen molar-refractivity contribution in [1.82, 2.24) is 15.1 Å². The topological polar surface area (TPSA) is 69.7 Å². The normalized spacial score (nSPS) is 19.4. The molecule has 0 aliphatic carbocycles. The number of hydrogen-bond acceptors (Lipinski definition) is 3. The predicted molar refractivity (Wildman–Crippen MR) is 109 cm³/mol. The standard InChI is InChI=1S/C23H25N3O3/c1-16-5-4-6-19(13-16)20-14-21(27)26(23(29)24-20)15-17-7-9-18(10-8-17)22(28)25-11-2-3-12-25/h4-10,13,20H,2-3,11-12,14-15H2,1H3,(H,24,29). The molecule has 4 amide bonds. The Balaban J connectivity index is 1.41. The van der Waals surface area contributed by atoms with Gasteiger partial charge in [-0.05, 0) is 43.0 Å². The zero-order valence-corrected chi connectivity index (χ0v) is 16.6.